The van der Waals surface area contributed by atoms with Crippen molar-refractivity contribution in [2.24, 2.45) is 5.73 Å². The van der Waals surface area contributed by atoms with Crippen LogP contribution in [0.5, 0.6) is 0 Å². The minimum Gasteiger partial charge on any atom is -0.483 e. The van der Waals surface area contributed by atoms with Gasteiger partial charge in [-0.15, -0.1) is 0 Å². The highest BCUT2D eigenvalue weighted by Crippen LogP contribution is 1.84. The van der Waals surface area contributed by atoms with E-state index in [0.29, 0.717) is 0 Å². The maximum atomic E-state index is 10.3. The lowest BCUT2D eigenvalue weighted by molar-refractivity contribution is -0.122. The molecule has 64 valence electrons. The second kappa shape index (κ2) is 5.78. The molecule has 0 aliphatic heterocycles. The van der Waals surface area contributed by atoms with Crippen molar-refractivity contribution in [1.29, 1.82) is 0 Å². The van der Waals surface area contributed by atoms with Crippen LogP contribution in [0.25, 0.3) is 0 Å². The van der Waals surface area contributed by atoms with Gasteiger partial charge < -0.3 is 10.8 Å². The van der Waals surface area contributed by atoms with Gasteiger partial charge in [-0.1, -0.05) is 0 Å². The van der Waals surface area contributed by atoms with Crippen LogP contribution in [-0.4, -0.2) is 27.5 Å². The van der Waals surface area contributed by atoms with Crippen molar-refractivity contribution in [3.8, 4) is 0 Å². The summed E-state index contributed by atoms with van der Waals surface area (Å²) in [5.74, 6) is -0.553. The number of amides is 1. The van der Waals surface area contributed by atoms with Gasteiger partial charge in [0.2, 0.25) is 0 Å². The third kappa shape index (κ3) is 3.94. The Labute approximate surface area is 68.1 Å². The maximum Gasteiger partial charge on any atom is 0.290 e. The number of primary amides is 1. The highest BCUT2D eigenvalue weighted by Gasteiger charge is 1.97. The minimum atomic E-state index is -0.553. The summed E-state index contributed by atoms with van der Waals surface area (Å²) in [4.78, 5) is 26.0. The van der Waals surface area contributed by atoms with Crippen molar-refractivity contribution in [2.45, 2.75) is 0 Å². The molecule has 1 aromatic rings. The predicted octanol–water partition coefficient (Wildman–Crippen LogP) is -0.724. The highest BCUT2D eigenvalue weighted by molar-refractivity contribution is 5.90. The molecule has 0 saturated carbocycles. The van der Waals surface area contributed by atoms with Gasteiger partial charge in [0, 0.05) is 12.4 Å². The van der Waals surface area contributed by atoms with Gasteiger partial charge in [-0.25, -0.2) is 4.98 Å². The third-order valence-electron chi connectivity index (χ3n) is 0.816. The molecule has 1 rings (SSSR count). The van der Waals surface area contributed by atoms with E-state index in [4.69, 9.17) is 15.6 Å². The van der Waals surface area contributed by atoms with Crippen molar-refractivity contribution in [3.05, 3.63) is 24.3 Å². The number of aromatic nitrogens is 2. The fraction of sp³-hybridized carbons (Fsp3) is 0. The number of hydrogen-bond acceptors (Lipinski definition) is 4. The van der Waals surface area contributed by atoms with Crippen LogP contribution in [0.2, 0.25) is 0 Å². The molecule has 0 aliphatic rings. The van der Waals surface area contributed by atoms with Crippen LogP contribution in [-0.2, 0) is 4.79 Å². The summed E-state index contributed by atoms with van der Waals surface area (Å²) in [5, 5.41) is 6.89. The lowest BCUT2D eigenvalue weighted by atomic mass is 10.4. The number of hydrogen-bond donors (Lipinski definition) is 2. The third-order valence-corrected chi connectivity index (χ3v) is 0.816. The summed E-state index contributed by atoms with van der Waals surface area (Å²) < 4.78 is 0. The first kappa shape index (κ1) is 10.0. The van der Waals surface area contributed by atoms with E-state index < -0.39 is 5.91 Å². The molecule has 1 aromatic heterocycles. The molecule has 6 nitrogen and oxygen atoms in total. The van der Waals surface area contributed by atoms with Crippen LogP contribution < -0.4 is 5.73 Å². The first-order chi connectivity index (χ1) is 5.72. The standard InChI is InChI=1S/C5H5N3O.CH2O2/c6-5(9)4-3-7-1-2-8-4;2-1-3/h1-3H,(H2,6,9);1H,(H,2,3). The summed E-state index contributed by atoms with van der Waals surface area (Å²) in [6, 6.07) is 0. The Bertz CT molecular complexity index is 249. The van der Waals surface area contributed by atoms with E-state index in [1.54, 1.807) is 0 Å². The average molecular weight is 169 g/mol. The Morgan fingerprint density at radius 2 is 2.17 bits per heavy atom. The van der Waals surface area contributed by atoms with Gasteiger partial charge in [-0.2, -0.15) is 0 Å². The number of nitrogens with two attached hydrogens (primary N) is 1. The zero-order valence-electron chi connectivity index (χ0n) is 6.04. The first-order valence-corrected chi connectivity index (χ1v) is 2.86. The SMILES string of the molecule is NC(=O)c1cnccn1.O=CO. The molecule has 0 aromatic carbocycles. The molecule has 0 saturated heterocycles. The Morgan fingerprint density at radius 3 is 2.42 bits per heavy atom. The average Bonchev–Trinajstić information content (AvgIpc) is 2.07. The topological polar surface area (TPSA) is 106 Å². The smallest absolute Gasteiger partial charge is 0.290 e. The number of carbonyl (C=O) groups is 2. The first-order valence-electron chi connectivity index (χ1n) is 2.86. The van der Waals surface area contributed by atoms with Crippen molar-refractivity contribution in [1.82, 2.24) is 9.97 Å². The van der Waals surface area contributed by atoms with E-state index in [0.717, 1.165) is 0 Å². The lowest BCUT2D eigenvalue weighted by Gasteiger charge is -1.87. The summed E-state index contributed by atoms with van der Waals surface area (Å²) >= 11 is 0. The van der Waals surface area contributed by atoms with E-state index >= 15 is 0 Å². The molecular weight excluding hydrogens is 162 g/mol. The maximum absolute atomic E-state index is 10.3. The molecule has 0 unspecified atom stereocenters. The van der Waals surface area contributed by atoms with Gasteiger partial charge in [-0.3, -0.25) is 14.6 Å². The molecule has 1 amide bonds. The molecule has 0 fully saturated rings. The van der Waals surface area contributed by atoms with Crippen molar-refractivity contribution < 1.29 is 14.7 Å². The summed E-state index contributed by atoms with van der Waals surface area (Å²) in [7, 11) is 0. The van der Waals surface area contributed by atoms with Gasteiger partial charge in [-0.05, 0) is 0 Å². The Morgan fingerprint density at radius 1 is 1.58 bits per heavy atom. The van der Waals surface area contributed by atoms with E-state index in [1.807, 2.05) is 0 Å². The molecule has 0 bridgehead atoms. The predicted molar refractivity (Wildman–Crippen MR) is 39.2 cm³/mol. The van der Waals surface area contributed by atoms with Gasteiger partial charge in [0.1, 0.15) is 5.69 Å². The molecule has 0 atom stereocenters. The second-order valence-corrected chi connectivity index (χ2v) is 1.56. The quantitative estimate of drug-likeness (QED) is 0.539. The summed E-state index contributed by atoms with van der Waals surface area (Å²) in [5.41, 5.74) is 5.06. The van der Waals surface area contributed by atoms with Crippen molar-refractivity contribution >= 4 is 12.4 Å². The van der Waals surface area contributed by atoms with Crippen LogP contribution in [0, 0.1) is 0 Å². The highest BCUT2D eigenvalue weighted by atomic mass is 16.3. The second-order valence-electron chi connectivity index (χ2n) is 1.56. The van der Waals surface area contributed by atoms with Gasteiger partial charge in [0.25, 0.3) is 12.4 Å². The minimum absolute atomic E-state index is 0.192. The van der Waals surface area contributed by atoms with Crippen LogP contribution >= 0.6 is 0 Å². The molecule has 0 aliphatic carbocycles. The van der Waals surface area contributed by atoms with Crippen LogP contribution in [0.3, 0.4) is 0 Å². The summed E-state index contributed by atoms with van der Waals surface area (Å²) in [6.45, 7) is -0.250. The molecule has 6 heteroatoms. The number of carbonyl (C=O) groups excluding carboxylic acids is 1. The van der Waals surface area contributed by atoms with Crippen LogP contribution in [0.1, 0.15) is 10.5 Å². The number of rotatable bonds is 1. The molecule has 0 spiro atoms. The Hall–Kier alpha value is -1.98. The molecule has 0 radical (unpaired) electrons. The largest absolute Gasteiger partial charge is 0.483 e. The molecule has 3 N–H and O–H groups in total. The lowest BCUT2D eigenvalue weighted by Crippen LogP contribution is -2.12. The van der Waals surface area contributed by atoms with Crippen molar-refractivity contribution in [3.63, 3.8) is 0 Å². The van der Waals surface area contributed by atoms with E-state index in [-0.39, 0.29) is 12.2 Å². The zero-order chi connectivity index (χ0) is 9.40. The monoisotopic (exact) mass is 169 g/mol. The fourth-order valence-corrected chi connectivity index (χ4v) is 0.426. The van der Waals surface area contributed by atoms with Gasteiger partial charge in [0.05, 0.1) is 6.20 Å². The van der Waals surface area contributed by atoms with Crippen molar-refractivity contribution in [2.75, 3.05) is 0 Å². The van der Waals surface area contributed by atoms with Crippen LogP contribution in [0.4, 0.5) is 0 Å². The fourth-order valence-electron chi connectivity index (χ4n) is 0.426. The number of carboxylic acid groups (broad SMARTS) is 1. The van der Waals surface area contributed by atoms with E-state index in [9.17, 15) is 4.79 Å². The zero-order valence-corrected chi connectivity index (χ0v) is 6.04. The Balaban J connectivity index is 0.000000354. The normalized spacial score (nSPS) is 7.67. The van der Waals surface area contributed by atoms with E-state index in [1.165, 1.54) is 18.6 Å². The molecular formula is C6H7N3O3. The van der Waals surface area contributed by atoms with E-state index in [2.05, 4.69) is 9.97 Å². The molecule has 12 heavy (non-hydrogen) atoms. The molecule has 1 heterocycles. The summed E-state index contributed by atoms with van der Waals surface area (Å²) in [6.07, 6.45) is 4.22. The Kier molecular flexibility index (Phi) is 4.83. The number of nitrogens with zero attached hydrogens (tertiary/aromatic N) is 2. The van der Waals surface area contributed by atoms with Gasteiger partial charge >= 0.3 is 0 Å². The van der Waals surface area contributed by atoms with Crippen LogP contribution in [0.15, 0.2) is 18.6 Å². The van der Waals surface area contributed by atoms with Gasteiger partial charge in [0.15, 0.2) is 0 Å².